The Balaban J connectivity index is 1.11. The second-order valence-corrected chi connectivity index (χ2v) is 29.8. The Morgan fingerprint density at radius 3 is 1.20 bits per heavy atom. The standard InChI is InChI=1S/C54H40GeNOPSi/c57-58(51-33-17-19-35-53(51)59(45-25-9-3-10-26-45,46-27-11-4-12-28-46)54-36-20-18-34-52(54)58)44-39-37-43(38-40-44)56-49-31-15-13-29-47(49)55(41-21-5-1-6-22-41,42-23-7-2-8-24-42)48-30-14-16-32-50(48)56/h1-40H. The van der Waals surface area contributed by atoms with Crippen LogP contribution >= 0.6 is 7.14 Å². The van der Waals surface area contributed by atoms with Crippen molar-refractivity contribution in [2.24, 2.45) is 0 Å². The molecule has 5 heteroatoms. The van der Waals surface area contributed by atoms with Crippen molar-refractivity contribution >= 4 is 99.8 Å². The van der Waals surface area contributed by atoms with Gasteiger partial charge in [0.05, 0.1) is 0 Å². The fourth-order valence-electron chi connectivity index (χ4n) is 10.3. The molecule has 2 aliphatic heterocycles. The van der Waals surface area contributed by atoms with E-state index in [1.54, 1.807) is 0 Å². The molecule has 9 aromatic rings. The van der Waals surface area contributed by atoms with Crippen LogP contribution in [0.25, 0.3) is 0 Å². The Labute approximate surface area is 349 Å². The van der Waals surface area contributed by atoms with E-state index in [-0.39, 0.29) is 0 Å². The van der Waals surface area contributed by atoms with Gasteiger partial charge in [-0.3, -0.25) is 0 Å². The van der Waals surface area contributed by atoms with Crippen LogP contribution in [0.3, 0.4) is 0 Å². The maximum atomic E-state index is 16.5. The number of fused-ring (bicyclic) bond motifs is 4. The minimum atomic E-state index is -3.50. The predicted octanol–water partition coefficient (Wildman–Crippen LogP) is 6.18. The van der Waals surface area contributed by atoms with Gasteiger partial charge in [-0.25, -0.2) is 0 Å². The molecule has 0 saturated heterocycles. The SMILES string of the molecule is O=P1(c2ccc(N3c4cccc[c]4[Ge]([c]4ccccc4)([c]4ccccc4)[c]4ccccc43)cc2)c2ccccc2[Si](c2ccccc2)(c2ccccc2)c2ccccc21. The van der Waals surface area contributed by atoms with Crippen molar-refractivity contribution in [2.45, 2.75) is 0 Å². The van der Waals surface area contributed by atoms with Crippen LogP contribution in [0.4, 0.5) is 17.1 Å². The van der Waals surface area contributed by atoms with Crippen LogP contribution in [-0.4, -0.2) is 21.3 Å². The Morgan fingerprint density at radius 1 is 0.373 bits per heavy atom. The van der Waals surface area contributed by atoms with Crippen molar-refractivity contribution in [2.75, 3.05) is 4.90 Å². The van der Waals surface area contributed by atoms with E-state index in [2.05, 4.69) is 248 Å². The monoisotopic (exact) mass is 851 g/mol. The Bertz CT molecular complexity index is 2850. The van der Waals surface area contributed by atoms with Crippen LogP contribution in [0, 0.1) is 0 Å². The quantitative estimate of drug-likeness (QED) is 0.147. The molecule has 0 atom stereocenters. The van der Waals surface area contributed by atoms with Gasteiger partial charge in [-0.05, 0) is 0 Å². The van der Waals surface area contributed by atoms with E-state index in [0.29, 0.717) is 0 Å². The van der Waals surface area contributed by atoms with Crippen molar-refractivity contribution in [3.63, 3.8) is 0 Å². The van der Waals surface area contributed by atoms with Gasteiger partial charge in [-0.1, -0.05) is 60.7 Å². The number of hydrogen-bond donors (Lipinski definition) is 0. The van der Waals surface area contributed by atoms with Gasteiger partial charge in [-0.2, -0.15) is 0 Å². The van der Waals surface area contributed by atoms with Gasteiger partial charge in [0.25, 0.3) is 0 Å². The first-order valence-electron chi connectivity index (χ1n) is 20.3. The maximum absolute atomic E-state index is 16.5. The zero-order chi connectivity index (χ0) is 39.4. The zero-order valence-corrected chi connectivity index (χ0v) is 36.4. The second-order valence-electron chi connectivity index (χ2n) is 15.5. The number of hydrogen-bond acceptors (Lipinski definition) is 2. The molecule has 0 fully saturated rings. The third kappa shape index (κ3) is 5.15. The summed E-state index contributed by atoms with van der Waals surface area (Å²) >= 11 is -3.50. The number of para-hydroxylation sites is 2. The molecule has 280 valence electrons. The average molecular weight is 851 g/mol. The fraction of sp³-hybridized carbons (Fsp3) is 0. The Morgan fingerprint density at radius 2 is 0.746 bits per heavy atom. The topological polar surface area (TPSA) is 20.3 Å². The molecular formula is C54H40GeNOPSi. The first kappa shape index (κ1) is 35.9. The first-order chi connectivity index (χ1) is 29.2. The third-order valence-electron chi connectivity index (χ3n) is 12.7. The summed E-state index contributed by atoms with van der Waals surface area (Å²) in [5.74, 6) is 0. The molecule has 0 aliphatic carbocycles. The van der Waals surface area contributed by atoms with Gasteiger partial charge in [-0.15, -0.1) is 0 Å². The van der Waals surface area contributed by atoms with Crippen LogP contribution < -0.4 is 59.1 Å². The van der Waals surface area contributed by atoms with E-state index < -0.39 is 28.5 Å². The van der Waals surface area contributed by atoms with Crippen LogP contribution in [-0.2, 0) is 4.57 Å². The molecule has 0 unspecified atom stereocenters. The Kier molecular flexibility index (Phi) is 8.67. The molecule has 0 bridgehead atoms. The minimum absolute atomic E-state index is 0.851. The van der Waals surface area contributed by atoms with Crippen molar-refractivity contribution < 1.29 is 4.57 Å². The van der Waals surface area contributed by atoms with E-state index >= 15 is 4.57 Å². The van der Waals surface area contributed by atoms with Crippen molar-refractivity contribution in [1.29, 1.82) is 0 Å². The van der Waals surface area contributed by atoms with Gasteiger partial charge in [0.15, 0.2) is 0 Å². The average Bonchev–Trinajstić information content (AvgIpc) is 3.32. The number of anilines is 3. The zero-order valence-electron chi connectivity index (χ0n) is 32.4. The molecule has 11 rings (SSSR count). The third-order valence-corrected chi connectivity index (χ3v) is 31.4. The van der Waals surface area contributed by atoms with Crippen LogP contribution in [0.1, 0.15) is 0 Å². The normalized spacial score (nSPS) is 15.2. The van der Waals surface area contributed by atoms with Crippen molar-refractivity contribution in [3.05, 3.63) is 243 Å². The van der Waals surface area contributed by atoms with E-state index in [4.69, 9.17) is 0 Å². The van der Waals surface area contributed by atoms with E-state index in [1.807, 2.05) is 0 Å². The molecular weight excluding hydrogens is 810 g/mol. The Hall–Kier alpha value is -6.23. The van der Waals surface area contributed by atoms with Gasteiger partial charge in [0.2, 0.25) is 0 Å². The van der Waals surface area contributed by atoms with E-state index in [1.165, 1.54) is 49.7 Å². The summed E-state index contributed by atoms with van der Waals surface area (Å²) in [5, 5.41) is 7.73. The summed E-state index contributed by atoms with van der Waals surface area (Å²) in [6.07, 6.45) is 0. The van der Waals surface area contributed by atoms with Gasteiger partial charge < -0.3 is 0 Å². The molecule has 0 saturated carbocycles. The molecule has 9 aromatic carbocycles. The first-order valence-corrected chi connectivity index (χ1v) is 28.2. The second kappa shape index (κ2) is 14.2. The molecule has 59 heavy (non-hydrogen) atoms. The van der Waals surface area contributed by atoms with Crippen LogP contribution in [0.15, 0.2) is 243 Å². The van der Waals surface area contributed by atoms with Crippen LogP contribution in [0.2, 0.25) is 0 Å². The number of rotatable bonds is 6. The van der Waals surface area contributed by atoms with Crippen molar-refractivity contribution in [3.8, 4) is 0 Å². The molecule has 2 aliphatic rings. The van der Waals surface area contributed by atoms with Crippen molar-refractivity contribution in [1.82, 2.24) is 0 Å². The summed E-state index contributed by atoms with van der Waals surface area (Å²) in [6, 6.07) is 88.3. The summed E-state index contributed by atoms with van der Waals surface area (Å²) in [5.41, 5.74) is 3.45. The van der Waals surface area contributed by atoms with Gasteiger partial charge in [0.1, 0.15) is 0 Å². The fourth-order valence-corrected chi connectivity index (χ4v) is 30.7. The van der Waals surface area contributed by atoms with Gasteiger partial charge in [0, 0.05) is 0 Å². The summed E-state index contributed by atoms with van der Waals surface area (Å²) in [6.45, 7) is 0. The molecule has 0 aromatic heterocycles. The summed E-state index contributed by atoms with van der Waals surface area (Å²) in [7, 11) is -6.19. The molecule has 2 heterocycles. The summed E-state index contributed by atoms with van der Waals surface area (Å²) < 4.78 is 22.2. The number of nitrogens with zero attached hydrogens (tertiary/aromatic N) is 1. The number of benzene rings is 9. The molecule has 2 nitrogen and oxygen atoms in total. The van der Waals surface area contributed by atoms with Gasteiger partial charge >= 0.3 is 291 Å². The summed E-state index contributed by atoms with van der Waals surface area (Å²) in [4.78, 5) is 2.44. The van der Waals surface area contributed by atoms with Crippen LogP contribution in [0.5, 0.6) is 0 Å². The molecule has 0 amide bonds. The van der Waals surface area contributed by atoms with E-state index in [9.17, 15) is 0 Å². The molecule has 0 spiro atoms. The molecule has 0 N–H and O–H groups in total. The van der Waals surface area contributed by atoms with E-state index in [0.717, 1.165) is 21.6 Å². The molecule has 0 radical (unpaired) electrons. The predicted molar refractivity (Wildman–Crippen MR) is 255 cm³/mol.